The van der Waals surface area contributed by atoms with Crippen LogP contribution in [0.25, 0.3) is 0 Å². The van der Waals surface area contributed by atoms with Crippen molar-refractivity contribution in [2.24, 2.45) is 0 Å². The van der Waals surface area contributed by atoms with Gasteiger partial charge in [-0.2, -0.15) is 0 Å². The Balaban J connectivity index is 2.99. The zero-order valence-corrected chi connectivity index (χ0v) is 13.8. The highest BCUT2D eigenvalue weighted by molar-refractivity contribution is 5.96. The number of ether oxygens (including phenoxy) is 3. The summed E-state index contributed by atoms with van der Waals surface area (Å²) in [6, 6.07) is -0.684. The van der Waals surface area contributed by atoms with Crippen LogP contribution in [0.4, 0.5) is 4.79 Å². The van der Waals surface area contributed by atoms with Crippen molar-refractivity contribution < 1.29 is 28.9 Å². The molecule has 1 N–H and O–H groups in total. The number of aliphatic hydroxyl groups excluding tert-OH is 1. The maximum Gasteiger partial charge on any atom is 0.410 e. The highest BCUT2D eigenvalue weighted by Crippen LogP contribution is 2.26. The number of carbonyl (C=O) groups excluding carboxylic acids is 2. The topological polar surface area (TPSA) is 85.3 Å². The summed E-state index contributed by atoms with van der Waals surface area (Å²) in [4.78, 5) is 25.6. The van der Waals surface area contributed by atoms with E-state index < -0.39 is 17.7 Å². The molecule has 0 radical (unpaired) electrons. The smallest absolute Gasteiger partial charge is 0.410 e. The Bertz CT molecular complexity index is 451. The Morgan fingerprint density at radius 3 is 2.50 bits per heavy atom. The number of hydrogen-bond donors (Lipinski definition) is 1. The predicted octanol–water partition coefficient (Wildman–Crippen LogP) is 2.02. The van der Waals surface area contributed by atoms with E-state index in [4.69, 9.17) is 14.2 Å². The van der Waals surface area contributed by atoms with Crippen LogP contribution in [0, 0.1) is 0 Å². The van der Waals surface area contributed by atoms with E-state index in [0.717, 1.165) is 0 Å². The molecule has 0 aromatic heterocycles. The molecule has 0 saturated carbocycles. The fraction of sp³-hybridized carbons (Fsp3) is 0.733. The Morgan fingerprint density at radius 1 is 1.36 bits per heavy atom. The number of aliphatic hydroxyl groups is 1. The molecule has 126 valence electrons. The molecule has 22 heavy (non-hydrogen) atoms. The molecule has 0 aromatic carbocycles. The minimum Gasteiger partial charge on any atom is -0.512 e. The maximum absolute atomic E-state index is 12.3. The van der Waals surface area contributed by atoms with Crippen LogP contribution in [-0.2, 0) is 19.0 Å². The summed E-state index contributed by atoms with van der Waals surface area (Å²) >= 11 is 0. The Labute approximate surface area is 130 Å². The second kappa shape index (κ2) is 7.60. The molecule has 0 unspecified atom stereocenters. The van der Waals surface area contributed by atoms with Crippen molar-refractivity contribution in [3.63, 3.8) is 0 Å². The second-order valence-corrected chi connectivity index (χ2v) is 6.13. The standard InChI is InChI=1S/C15H25NO6/c1-10(17)13-11(8-21-9-20-5)16(7-6-12(13)18)14(19)22-15(2,3)4/h11,18H,6-9H2,1-5H3/t11-/m1/s1. The molecule has 0 aromatic rings. The second-order valence-electron chi connectivity index (χ2n) is 6.13. The summed E-state index contributed by atoms with van der Waals surface area (Å²) in [5.41, 5.74) is -0.456. The highest BCUT2D eigenvalue weighted by Gasteiger charge is 2.37. The van der Waals surface area contributed by atoms with Gasteiger partial charge < -0.3 is 19.3 Å². The number of methoxy groups -OCH3 is 1. The number of rotatable bonds is 5. The Kier molecular flexibility index (Phi) is 6.37. The molecule has 0 fully saturated rings. The zero-order chi connectivity index (χ0) is 16.9. The van der Waals surface area contributed by atoms with Gasteiger partial charge in [0.2, 0.25) is 0 Å². The van der Waals surface area contributed by atoms with Crippen molar-refractivity contribution in [1.29, 1.82) is 0 Å². The van der Waals surface area contributed by atoms with Crippen LogP contribution in [0.15, 0.2) is 11.3 Å². The van der Waals surface area contributed by atoms with Crippen molar-refractivity contribution in [1.82, 2.24) is 4.90 Å². The van der Waals surface area contributed by atoms with E-state index >= 15 is 0 Å². The van der Waals surface area contributed by atoms with E-state index in [9.17, 15) is 14.7 Å². The van der Waals surface area contributed by atoms with Crippen LogP contribution in [0.2, 0.25) is 0 Å². The Hall–Kier alpha value is -1.60. The third-order valence-electron chi connectivity index (χ3n) is 3.09. The SMILES string of the molecule is COCOC[C@@H]1C(C(C)=O)=C(O)CCN1C(=O)OC(C)(C)C. The van der Waals surface area contributed by atoms with Gasteiger partial charge in [-0.05, 0) is 27.7 Å². The molecular weight excluding hydrogens is 290 g/mol. The number of ketones is 1. The molecule has 0 saturated heterocycles. The first-order valence-electron chi connectivity index (χ1n) is 7.16. The molecule has 0 spiro atoms. The largest absolute Gasteiger partial charge is 0.512 e. The van der Waals surface area contributed by atoms with E-state index in [0.29, 0.717) is 0 Å². The zero-order valence-electron chi connectivity index (χ0n) is 13.8. The van der Waals surface area contributed by atoms with Crippen LogP contribution in [0.5, 0.6) is 0 Å². The van der Waals surface area contributed by atoms with Gasteiger partial charge in [0.1, 0.15) is 18.2 Å². The van der Waals surface area contributed by atoms with Crippen molar-refractivity contribution in [2.45, 2.75) is 45.8 Å². The minimum absolute atomic E-state index is 0.00155. The summed E-state index contributed by atoms with van der Waals surface area (Å²) in [6.45, 7) is 7.00. The van der Waals surface area contributed by atoms with E-state index in [1.54, 1.807) is 20.8 Å². The predicted molar refractivity (Wildman–Crippen MR) is 79.5 cm³/mol. The molecule has 1 atom stereocenters. The van der Waals surface area contributed by atoms with Crippen LogP contribution in [-0.4, -0.2) is 60.6 Å². The number of Topliss-reactive ketones (excluding diaryl/α,β-unsaturated/α-hetero) is 1. The molecule has 7 heteroatoms. The third-order valence-corrected chi connectivity index (χ3v) is 3.09. The van der Waals surface area contributed by atoms with Gasteiger partial charge in [0, 0.05) is 20.1 Å². The summed E-state index contributed by atoms with van der Waals surface area (Å²) in [7, 11) is 1.48. The number of amides is 1. The lowest BCUT2D eigenvalue weighted by Crippen LogP contribution is -2.50. The van der Waals surface area contributed by atoms with E-state index in [2.05, 4.69) is 0 Å². The lowest BCUT2D eigenvalue weighted by atomic mass is 9.96. The fourth-order valence-corrected chi connectivity index (χ4v) is 2.26. The van der Waals surface area contributed by atoms with Crippen LogP contribution in [0.3, 0.4) is 0 Å². The summed E-state index contributed by atoms with van der Waals surface area (Å²) in [6.07, 6.45) is -0.320. The molecule has 1 amide bonds. The van der Waals surface area contributed by atoms with E-state index in [-0.39, 0.29) is 43.5 Å². The average molecular weight is 315 g/mol. The molecular formula is C15H25NO6. The van der Waals surface area contributed by atoms with E-state index in [1.165, 1.54) is 18.9 Å². The lowest BCUT2D eigenvalue weighted by molar-refractivity contribution is -0.115. The van der Waals surface area contributed by atoms with Gasteiger partial charge in [-0.3, -0.25) is 9.69 Å². The van der Waals surface area contributed by atoms with Crippen molar-refractivity contribution in [3.8, 4) is 0 Å². The highest BCUT2D eigenvalue weighted by atomic mass is 16.7. The molecule has 1 aliphatic rings. The molecule has 1 aliphatic heterocycles. The summed E-state index contributed by atoms with van der Waals surface area (Å²) < 4.78 is 15.5. The molecule has 7 nitrogen and oxygen atoms in total. The van der Waals surface area contributed by atoms with Gasteiger partial charge >= 0.3 is 6.09 Å². The molecule has 1 heterocycles. The van der Waals surface area contributed by atoms with Crippen LogP contribution < -0.4 is 0 Å². The normalized spacial score (nSPS) is 19.3. The fourth-order valence-electron chi connectivity index (χ4n) is 2.26. The quantitative estimate of drug-likeness (QED) is 0.617. The van der Waals surface area contributed by atoms with E-state index in [1.807, 2.05) is 0 Å². The summed E-state index contributed by atoms with van der Waals surface area (Å²) in [5.74, 6) is -0.296. The van der Waals surface area contributed by atoms with Crippen molar-refractivity contribution in [2.75, 3.05) is 27.1 Å². The van der Waals surface area contributed by atoms with Crippen molar-refractivity contribution >= 4 is 11.9 Å². The first-order valence-corrected chi connectivity index (χ1v) is 7.16. The lowest BCUT2D eigenvalue weighted by Gasteiger charge is -2.37. The maximum atomic E-state index is 12.3. The molecule has 1 rings (SSSR count). The number of nitrogens with zero attached hydrogens (tertiary/aromatic N) is 1. The number of hydrogen-bond acceptors (Lipinski definition) is 6. The summed E-state index contributed by atoms with van der Waals surface area (Å²) in [5, 5.41) is 9.99. The van der Waals surface area contributed by atoms with Gasteiger partial charge in [0.15, 0.2) is 5.78 Å². The Morgan fingerprint density at radius 2 is 2.00 bits per heavy atom. The first kappa shape index (κ1) is 18.4. The molecule has 0 bridgehead atoms. The monoisotopic (exact) mass is 315 g/mol. The number of carbonyl (C=O) groups is 2. The van der Waals surface area contributed by atoms with Gasteiger partial charge in [-0.25, -0.2) is 4.79 Å². The van der Waals surface area contributed by atoms with Gasteiger partial charge in [0.05, 0.1) is 18.2 Å². The van der Waals surface area contributed by atoms with Crippen LogP contribution >= 0.6 is 0 Å². The van der Waals surface area contributed by atoms with Crippen LogP contribution in [0.1, 0.15) is 34.1 Å². The van der Waals surface area contributed by atoms with Gasteiger partial charge in [0.25, 0.3) is 0 Å². The van der Waals surface area contributed by atoms with Gasteiger partial charge in [-0.15, -0.1) is 0 Å². The minimum atomic E-state index is -0.684. The molecule has 0 aliphatic carbocycles. The van der Waals surface area contributed by atoms with Gasteiger partial charge in [-0.1, -0.05) is 0 Å². The average Bonchev–Trinajstić information content (AvgIpc) is 2.36. The first-order chi connectivity index (χ1) is 10.2. The third kappa shape index (κ3) is 4.99. The van der Waals surface area contributed by atoms with Crippen molar-refractivity contribution in [3.05, 3.63) is 11.3 Å².